The summed E-state index contributed by atoms with van der Waals surface area (Å²) in [5, 5.41) is 6.02. The van der Waals surface area contributed by atoms with Gasteiger partial charge in [-0.25, -0.2) is 0 Å². The molecule has 0 bridgehead atoms. The van der Waals surface area contributed by atoms with Crippen molar-refractivity contribution in [2.24, 2.45) is 7.05 Å². The normalized spacial score (nSPS) is 15.8. The minimum Gasteiger partial charge on any atom is -0.268 e. The van der Waals surface area contributed by atoms with Crippen molar-refractivity contribution in [2.45, 2.75) is 25.7 Å². The average Bonchev–Trinajstić information content (AvgIpc) is 2.41. The van der Waals surface area contributed by atoms with Gasteiger partial charge in [-0.1, -0.05) is 12.1 Å². The van der Waals surface area contributed by atoms with Gasteiger partial charge in [-0.3, -0.25) is 4.68 Å². The molecule has 0 unspecified atom stereocenters. The fraction of sp³-hybridized carbons (Fsp3) is 0.417. The first kappa shape index (κ1) is 8.04. The van der Waals surface area contributed by atoms with Crippen LogP contribution in [0.5, 0.6) is 0 Å². The molecule has 0 fully saturated rings. The van der Waals surface area contributed by atoms with Crippen molar-refractivity contribution in [1.29, 1.82) is 0 Å². The van der Waals surface area contributed by atoms with Crippen LogP contribution < -0.4 is 0 Å². The molecule has 0 radical (unpaired) electrons. The number of rotatable bonds is 0. The van der Waals surface area contributed by atoms with Crippen LogP contribution in [0.15, 0.2) is 18.2 Å². The lowest BCUT2D eigenvalue weighted by atomic mass is 10.1. The highest BCUT2D eigenvalue weighted by atomic mass is 15.3. The largest absolute Gasteiger partial charge is 0.268 e. The maximum absolute atomic E-state index is 4.60. The Labute approximate surface area is 83.5 Å². The maximum atomic E-state index is 4.60. The molecule has 0 N–H and O–H groups in total. The van der Waals surface area contributed by atoms with E-state index in [1.165, 1.54) is 41.4 Å². The van der Waals surface area contributed by atoms with Gasteiger partial charge in [0.25, 0.3) is 0 Å². The van der Waals surface area contributed by atoms with Crippen LogP contribution in [0.2, 0.25) is 0 Å². The minimum atomic E-state index is 1.15. The monoisotopic (exact) mass is 186 g/mol. The summed E-state index contributed by atoms with van der Waals surface area (Å²) in [7, 11) is 2.04. The van der Waals surface area contributed by atoms with Gasteiger partial charge in [0.15, 0.2) is 0 Å². The SMILES string of the molecule is Cn1nc2c3c(cccc31)CCCC2. The minimum absolute atomic E-state index is 1.15. The Hall–Kier alpha value is -1.31. The molecule has 1 heterocycles. The fourth-order valence-corrected chi connectivity index (χ4v) is 2.47. The van der Waals surface area contributed by atoms with E-state index in [-0.39, 0.29) is 0 Å². The summed E-state index contributed by atoms with van der Waals surface area (Å²) < 4.78 is 2.01. The predicted molar refractivity (Wildman–Crippen MR) is 57.4 cm³/mol. The number of hydrogen-bond donors (Lipinski definition) is 0. The topological polar surface area (TPSA) is 17.8 Å². The van der Waals surface area contributed by atoms with Crippen molar-refractivity contribution in [3.63, 3.8) is 0 Å². The summed E-state index contributed by atoms with van der Waals surface area (Å²) in [4.78, 5) is 0. The van der Waals surface area contributed by atoms with E-state index in [9.17, 15) is 0 Å². The molecule has 14 heavy (non-hydrogen) atoms. The van der Waals surface area contributed by atoms with E-state index in [1.807, 2.05) is 11.7 Å². The Morgan fingerprint density at radius 1 is 1.21 bits per heavy atom. The molecule has 0 amide bonds. The van der Waals surface area contributed by atoms with Crippen molar-refractivity contribution in [3.8, 4) is 0 Å². The zero-order valence-corrected chi connectivity index (χ0v) is 8.45. The standard InChI is InChI=1S/C12H14N2/c1-14-11-8-4-6-9-5-2-3-7-10(13-14)12(9)11/h4,6,8H,2-3,5,7H2,1H3. The van der Waals surface area contributed by atoms with Crippen LogP contribution in [0.25, 0.3) is 10.9 Å². The van der Waals surface area contributed by atoms with Crippen molar-refractivity contribution < 1.29 is 0 Å². The third-order valence-electron chi connectivity index (χ3n) is 3.15. The summed E-state index contributed by atoms with van der Waals surface area (Å²) in [6.07, 6.45) is 4.95. The summed E-state index contributed by atoms with van der Waals surface area (Å²) in [6.45, 7) is 0. The predicted octanol–water partition coefficient (Wildman–Crippen LogP) is 2.45. The van der Waals surface area contributed by atoms with Gasteiger partial charge in [-0.05, 0) is 37.3 Å². The summed E-state index contributed by atoms with van der Waals surface area (Å²) in [5.74, 6) is 0. The van der Waals surface area contributed by atoms with Crippen LogP contribution in [-0.4, -0.2) is 9.78 Å². The van der Waals surface area contributed by atoms with Crippen LogP contribution in [0, 0.1) is 0 Å². The van der Waals surface area contributed by atoms with Gasteiger partial charge < -0.3 is 0 Å². The number of nitrogens with zero attached hydrogens (tertiary/aromatic N) is 2. The molecule has 2 heteroatoms. The van der Waals surface area contributed by atoms with Crippen LogP contribution in [0.1, 0.15) is 24.1 Å². The van der Waals surface area contributed by atoms with E-state index in [4.69, 9.17) is 0 Å². The molecule has 72 valence electrons. The molecule has 0 aliphatic heterocycles. The van der Waals surface area contributed by atoms with Crippen molar-refractivity contribution in [1.82, 2.24) is 9.78 Å². The molecule has 1 aliphatic rings. The Morgan fingerprint density at radius 3 is 3.00 bits per heavy atom. The number of aromatic nitrogens is 2. The molecule has 2 nitrogen and oxygen atoms in total. The van der Waals surface area contributed by atoms with E-state index in [1.54, 1.807) is 0 Å². The first-order valence-electron chi connectivity index (χ1n) is 5.30. The Morgan fingerprint density at radius 2 is 2.07 bits per heavy atom. The molecule has 1 aromatic carbocycles. The van der Waals surface area contributed by atoms with Gasteiger partial charge in [0.2, 0.25) is 0 Å². The van der Waals surface area contributed by atoms with Gasteiger partial charge in [0, 0.05) is 12.4 Å². The van der Waals surface area contributed by atoms with E-state index >= 15 is 0 Å². The second-order valence-electron chi connectivity index (χ2n) is 4.09. The highest BCUT2D eigenvalue weighted by Gasteiger charge is 2.14. The molecule has 1 aromatic heterocycles. The Bertz CT molecular complexity index is 482. The highest BCUT2D eigenvalue weighted by molar-refractivity contribution is 5.85. The second-order valence-corrected chi connectivity index (χ2v) is 4.09. The molecule has 0 saturated carbocycles. The van der Waals surface area contributed by atoms with Gasteiger partial charge in [-0.2, -0.15) is 5.10 Å². The van der Waals surface area contributed by atoms with E-state index in [0.29, 0.717) is 0 Å². The Kier molecular flexibility index (Phi) is 1.63. The highest BCUT2D eigenvalue weighted by Crippen LogP contribution is 2.27. The molecule has 3 rings (SSSR count). The van der Waals surface area contributed by atoms with Gasteiger partial charge in [0.1, 0.15) is 0 Å². The van der Waals surface area contributed by atoms with E-state index in [0.717, 1.165) is 6.42 Å². The van der Waals surface area contributed by atoms with Crippen LogP contribution in [0.3, 0.4) is 0 Å². The quantitative estimate of drug-likeness (QED) is 0.618. The lowest BCUT2D eigenvalue weighted by Crippen LogP contribution is -1.92. The molecular formula is C12H14N2. The molecule has 1 aliphatic carbocycles. The second kappa shape index (κ2) is 2.84. The van der Waals surface area contributed by atoms with Crippen LogP contribution >= 0.6 is 0 Å². The summed E-state index contributed by atoms with van der Waals surface area (Å²) >= 11 is 0. The Balaban J connectivity index is 2.42. The molecular weight excluding hydrogens is 172 g/mol. The third kappa shape index (κ3) is 0.999. The van der Waals surface area contributed by atoms with E-state index < -0.39 is 0 Å². The lowest BCUT2D eigenvalue weighted by molar-refractivity contribution is 0.707. The van der Waals surface area contributed by atoms with Gasteiger partial charge in [-0.15, -0.1) is 0 Å². The molecule has 2 aromatic rings. The zero-order chi connectivity index (χ0) is 9.54. The maximum Gasteiger partial charge on any atom is 0.0706 e. The number of aryl methyl sites for hydroxylation is 3. The summed E-state index contributed by atoms with van der Waals surface area (Å²) in [6, 6.07) is 6.56. The third-order valence-corrected chi connectivity index (χ3v) is 3.15. The van der Waals surface area contributed by atoms with Crippen molar-refractivity contribution in [3.05, 3.63) is 29.5 Å². The van der Waals surface area contributed by atoms with Crippen molar-refractivity contribution >= 4 is 10.9 Å². The first-order chi connectivity index (χ1) is 6.86. The van der Waals surface area contributed by atoms with Gasteiger partial charge >= 0.3 is 0 Å². The molecule has 0 saturated heterocycles. The average molecular weight is 186 g/mol. The van der Waals surface area contributed by atoms with Gasteiger partial charge in [0.05, 0.1) is 11.2 Å². The number of benzene rings is 1. The van der Waals surface area contributed by atoms with Crippen LogP contribution in [0.4, 0.5) is 0 Å². The molecule has 0 atom stereocenters. The zero-order valence-electron chi connectivity index (χ0n) is 8.45. The smallest absolute Gasteiger partial charge is 0.0706 e. The number of hydrogen-bond acceptors (Lipinski definition) is 1. The first-order valence-corrected chi connectivity index (χ1v) is 5.30. The van der Waals surface area contributed by atoms with Crippen LogP contribution in [-0.2, 0) is 19.9 Å². The van der Waals surface area contributed by atoms with Crippen molar-refractivity contribution in [2.75, 3.05) is 0 Å². The lowest BCUT2D eigenvalue weighted by Gasteiger charge is -2.00. The molecule has 0 spiro atoms. The fourth-order valence-electron chi connectivity index (χ4n) is 2.47. The van der Waals surface area contributed by atoms with E-state index in [2.05, 4.69) is 23.3 Å². The summed E-state index contributed by atoms with van der Waals surface area (Å²) in [5.41, 5.74) is 4.08.